The average Bonchev–Trinajstić information content (AvgIpc) is 1.89. The molecule has 58 valence electrons. The summed E-state index contributed by atoms with van der Waals surface area (Å²) in [6.45, 7) is 2.30. The molecular weight excluding hydrogens is 183 g/mol. The molecule has 0 spiro atoms. The maximum absolute atomic E-state index is 2.93. The van der Waals surface area contributed by atoms with Crippen LogP contribution in [0.15, 0.2) is 0 Å². The molecule has 1 saturated carbocycles. The molecule has 10 heavy (non-hydrogen) atoms. The van der Waals surface area contributed by atoms with E-state index in [1.54, 1.807) is 0 Å². The zero-order valence-electron chi connectivity index (χ0n) is 6.90. The molecular formula is C9H17As. The standard InChI is InChI=1S/C9H17As/c1-2-6-9(10)7-4-3-5-8-9/h2-8H2,1H3. The van der Waals surface area contributed by atoms with Crippen molar-refractivity contribution < 1.29 is 0 Å². The zero-order chi connectivity index (χ0) is 7.45. The van der Waals surface area contributed by atoms with E-state index in [-0.39, 0.29) is 0 Å². The van der Waals surface area contributed by atoms with Crippen molar-refractivity contribution in [3.05, 3.63) is 0 Å². The minimum atomic E-state index is 0.667. The van der Waals surface area contributed by atoms with Gasteiger partial charge in [0.15, 0.2) is 0 Å². The molecule has 1 heteroatoms. The Morgan fingerprint density at radius 2 is 1.80 bits per heavy atom. The summed E-state index contributed by atoms with van der Waals surface area (Å²) in [4.78, 5) is 0. The van der Waals surface area contributed by atoms with E-state index in [1.807, 2.05) is 0 Å². The van der Waals surface area contributed by atoms with Crippen molar-refractivity contribution in [2.75, 3.05) is 0 Å². The molecule has 0 nitrogen and oxygen atoms in total. The van der Waals surface area contributed by atoms with Crippen molar-refractivity contribution in [2.45, 2.75) is 56.1 Å². The van der Waals surface area contributed by atoms with Gasteiger partial charge in [0.2, 0.25) is 0 Å². The molecule has 0 heterocycles. The second-order valence-corrected chi connectivity index (χ2v) is 5.53. The summed E-state index contributed by atoms with van der Waals surface area (Å²) >= 11 is 2.93. The van der Waals surface area contributed by atoms with Crippen LogP contribution in [0.4, 0.5) is 0 Å². The molecule has 0 aromatic rings. The molecule has 0 aromatic carbocycles. The van der Waals surface area contributed by atoms with Crippen LogP contribution < -0.4 is 0 Å². The summed E-state index contributed by atoms with van der Waals surface area (Å²) < 4.78 is 0.667. The molecule has 0 atom stereocenters. The molecule has 0 aromatic heterocycles. The van der Waals surface area contributed by atoms with Gasteiger partial charge < -0.3 is 0 Å². The Labute approximate surface area is 73.3 Å². The first-order valence-corrected chi connectivity index (χ1v) is 5.43. The second kappa shape index (κ2) is 3.81. The Balaban J connectivity index is 2.32. The van der Waals surface area contributed by atoms with Crippen molar-refractivity contribution in [3.8, 4) is 0 Å². The number of rotatable bonds is 2. The quantitative estimate of drug-likeness (QED) is 0.601. The Kier molecular flexibility index (Phi) is 3.30. The summed E-state index contributed by atoms with van der Waals surface area (Å²) in [6.07, 6.45) is 10.1. The van der Waals surface area contributed by atoms with Gasteiger partial charge in [-0.25, -0.2) is 0 Å². The van der Waals surface area contributed by atoms with Gasteiger partial charge in [-0.3, -0.25) is 0 Å². The van der Waals surface area contributed by atoms with Gasteiger partial charge in [0.25, 0.3) is 0 Å². The first-order valence-electron chi connectivity index (χ1n) is 4.49. The third-order valence-corrected chi connectivity index (χ3v) is 3.91. The van der Waals surface area contributed by atoms with Crippen LogP contribution in [0.5, 0.6) is 0 Å². The minimum absolute atomic E-state index is 0.667. The Morgan fingerprint density at radius 3 is 2.30 bits per heavy atom. The Hall–Kier alpha value is 0.558. The van der Waals surface area contributed by atoms with Gasteiger partial charge in [-0.15, -0.1) is 0 Å². The third kappa shape index (κ3) is 2.31. The molecule has 0 amide bonds. The summed E-state index contributed by atoms with van der Waals surface area (Å²) in [5.41, 5.74) is 0. The van der Waals surface area contributed by atoms with Gasteiger partial charge in [-0.2, -0.15) is 0 Å². The van der Waals surface area contributed by atoms with Gasteiger partial charge in [-0.05, 0) is 0 Å². The second-order valence-electron chi connectivity index (χ2n) is 3.54. The molecule has 1 rings (SSSR count). The van der Waals surface area contributed by atoms with Crippen LogP contribution in [0.25, 0.3) is 0 Å². The zero-order valence-corrected chi connectivity index (χ0v) is 8.77. The van der Waals surface area contributed by atoms with E-state index < -0.39 is 0 Å². The Bertz CT molecular complexity index is 87.4. The fraction of sp³-hybridized carbons (Fsp3) is 1.00. The normalized spacial score (nSPS) is 24.6. The van der Waals surface area contributed by atoms with E-state index in [1.165, 1.54) is 44.9 Å². The average molecular weight is 200 g/mol. The molecule has 0 aliphatic heterocycles. The molecule has 1 aliphatic rings. The summed E-state index contributed by atoms with van der Waals surface area (Å²) in [7, 11) is 0. The maximum atomic E-state index is 2.93. The van der Waals surface area contributed by atoms with Crippen molar-refractivity contribution in [3.63, 3.8) is 0 Å². The number of hydrogen-bond acceptors (Lipinski definition) is 0. The van der Waals surface area contributed by atoms with E-state index in [4.69, 9.17) is 0 Å². The third-order valence-electron chi connectivity index (χ3n) is 2.50. The van der Waals surface area contributed by atoms with Gasteiger partial charge in [0.1, 0.15) is 0 Å². The van der Waals surface area contributed by atoms with Gasteiger partial charge in [0.05, 0.1) is 0 Å². The van der Waals surface area contributed by atoms with E-state index in [2.05, 4.69) is 23.8 Å². The van der Waals surface area contributed by atoms with E-state index in [9.17, 15) is 0 Å². The molecule has 0 bridgehead atoms. The van der Waals surface area contributed by atoms with Crippen LogP contribution >= 0.6 is 0 Å². The van der Waals surface area contributed by atoms with Gasteiger partial charge in [0, 0.05) is 0 Å². The van der Waals surface area contributed by atoms with Crippen LogP contribution in [0.2, 0.25) is 4.20 Å². The van der Waals surface area contributed by atoms with Crippen LogP contribution in [0.3, 0.4) is 0 Å². The van der Waals surface area contributed by atoms with Crippen LogP contribution in [-0.2, 0) is 0 Å². The van der Waals surface area contributed by atoms with Crippen LogP contribution in [0.1, 0.15) is 51.9 Å². The number of hydrogen-bond donors (Lipinski definition) is 0. The van der Waals surface area contributed by atoms with Crippen molar-refractivity contribution in [2.24, 2.45) is 0 Å². The van der Waals surface area contributed by atoms with Crippen LogP contribution in [0, 0.1) is 0 Å². The SMILES string of the molecule is CCCC1([As])CCCCC1. The van der Waals surface area contributed by atoms with Gasteiger partial charge in [-0.1, -0.05) is 0 Å². The predicted molar refractivity (Wildman–Crippen MR) is 46.4 cm³/mol. The first-order chi connectivity index (χ1) is 4.77. The summed E-state index contributed by atoms with van der Waals surface area (Å²) in [6, 6.07) is 0. The van der Waals surface area contributed by atoms with E-state index >= 15 is 0 Å². The topological polar surface area (TPSA) is 0 Å². The summed E-state index contributed by atoms with van der Waals surface area (Å²) in [5.74, 6) is 0. The van der Waals surface area contributed by atoms with Crippen molar-refractivity contribution >= 4 is 16.9 Å². The molecule has 0 unspecified atom stereocenters. The van der Waals surface area contributed by atoms with Crippen molar-refractivity contribution in [1.82, 2.24) is 0 Å². The molecule has 2 radical (unpaired) electrons. The van der Waals surface area contributed by atoms with Crippen LogP contribution in [-0.4, -0.2) is 16.9 Å². The first kappa shape index (κ1) is 8.65. The molecule has 1 aliphatic carbocycles. The molecule has 1 fully saturated rings. The van der Waals surface area contributed by atoms with Gasteiger partial charge >= 0.3 is 72.9 Å². The monoisotopic (exact) mass is 200 g/mol. The Morgan fingerprint density at radius 1 is 1.20 bits per heavy atom. The van der Waals surface area contributed by atoms with E-state index in [0.29, 0.717) is 4.20 Å². The summed E-state index contributed by atoms with van der Waals surface area (Å²) in [5, 5.41) is 0. The van der Waals surface area contributed by atoms with Crippen molar-refractivity contribution in [1.29, 1.82) is 0 Å². The molecule has 0 saturated heterocycles. The predicted octanol–water partition coefficient (Wildman–Crippen LogP) is 3.08. The van der Waals surface area contributed by atoms with E-state index in [0.717, 1.165) is 0 Å². The molecule has 0 N–H and O–H groups in total. The fourth-order valence-electron chi connectivity index (χ4n) is 1.93. The fourth-order valence-corrected chi connectivity index (χ4v) is 3.06.